The highest BCUT2D eigenvalue weighted by atomic mass is 32.2. The Morgan fingerprint density at radius 2 is 1.89 bits per heavy atom. The number of benzene rings is 1. The third-order valence-corrected chi connectivity index (χ3v) is 4.49. The fourth-order valence-corrected chi connectivity index (χ4v) is 3.11. The van der Waals surface area contributed by atoms with Crippen molar-refractivity contribution in [1.82, 2.24) is 13.9 Å². The highest BCUT2D eigenvalue weighted by Crippen LogP contribution is 2.19. The molecule has 19 heavy (non-hydrogen) atoms. The molecule has 0 aliphatic carbocycles. The van der Waals surface area contributed by atoms with E-state index >= 15 is 0 Å². The minimum Gasteiger partial charge on any atom is -0.241 e. The summed E-state index contributed by atoms with van der Waals surface area (Å²) >= 11 is 0. The molecule has 0 saturated heterocycles. The number of rotatable bonds is 2. The van der Waals surface area contributed by atoms with E-state index in [0.717, 1.165) is 9.54 Å². The van der Waals surface area contributed by atoms with Gasteiger partial charge in [-0.3, -0.25) is 0 Å². The third kappa shape index (κ3) is 1.90. The molecule has 0 unspecified atom stereocenters. The molecule has 0 spiro atoms. The molecule has 1 aromatic carbocycles. The van der Waals surface area contributed by atoms with Gasteiger partial charge in [-0.1, -0.05) is 17.7 Å². The summed E-state index contributed by atoms with van der Waals surface area (Å²) < 4.78 is 26.1. The van der Waals surface area contributed by atoms with Crippen LogP contribution in [0.15, 0.2) is 47.6 Å². The smallest absolute Gasteiger partial charge is 0.241 e. The fraction of sp³-hybridized carbons (Fsp3) is 0.0769. The average Bonchev–Trinajstić information content (AvgIpc) is 2.83. The molecule has 3 aromatic rings. The van der Waals surface area contributed by atoms with Gasteiger partial charge in [0.2, 0.25) is 0 Å². The summed E-state index contributed by atoms with van der Waals surface area (Å²) in [6, 6.07) is 8.29. The van der Waals surface area contributed by atoms with Crippen LogP contribution in [0.4, 0.5) is 0 Å². The summed E-state index contributed by atoms with van der Waals surface area (Å²) in [5.74, 6) is 0. The van der Waals surface area contributed by atoms with Gasteiger partial charge in [0.05, 0.1) is 11.1 Å². The number of nitrogens with zero attached hydrogens (tertiary/aromatic N) is 3. The van der Waals surface area contributed by atoms with Crippen LogP contribution in [0.5, 0.6) is 0 Å². The van der Waals surface area contributed by atoms with Crippen LogP contribution < -0.4 is 0 Å². The maximum atomic E-state index is 12.5. The SMILES string of the molecule is Cc1ccc(S(=O)(=O)n2ccc3n[c]cnc32)cc1. The van der Waals surface area contributed by atoms with Gasteiger partial charge in [-0.2, -0.15) is 0 Å². The first-order valence-corrected chi connectivity index (χ1v) is 7.05. The maximum absolute atomic E-state index is 12.5. The Labute approximate surface area is 110 Å². The molecule has 0 fully saturated rings. The lowest BCUT2D eigenvalue weighted by atomic mass is 10.2. The minimum absolute atomic E-state index is 0.227. The van der Waals surface area contributed by atoms with Crippen molar-refractivity contribution in [2.75, 3.05) is 0 Å². The zero-order valence-electron chi connectivity index (χ0n) is 10.1. The Kier molecular flexibility index (Phi) is 2.60. The number of aryl methyl sites for hydroxylation is 1. The van der Waals surface area contributed by atoms with Gasteiger partial charge in [-0.05, 0) is 25.1 Å². The van der Waals surface area contributed by atoms with E-state index in [2.05, 4.69) is 16.2 Å². The Morgan fingerprint density at radius 3 is 2.63 bits per heavy atom. The van der Waals surface area contributed by atoms with Crippen LogP contribution >= 0.6 is 0 Å². The first-order valence-electron chi connectivity index (χ1n) is 5.61. The Balaban J connectivity index is 2.22. The predicted octanol–water partition coefficient (Wildman–Crippen LogP) is 1.78. The Morgan fingerprint density at radius 1 is 1.16 bits per heavy atom. The van der Waals surface area contributed by atoms with E-state index in [1.807, 2.05) is 6.92 Å². The summed E-state index contributed by atoms with van der Waals surface area (Å²) in [5.41, 5.74) is 1.81. The molecule has 95 valence electrons. The van der Waals surface area contributed by atoms with Gasteiger partial charge in [0.1, 0.15) is 11.7 Å². The van der Waals surface area contributed by atoms with Gasteiger partial charge in [-0.15, -0.1) is 0 Å². The van der Waals surface area contributed by atoms with Gasteiger partial charge in [0.25, 0.3) is 10.0 Å². The van der Waals surface area contributed by atoms with Gasteiger partial charge >= 0.3 is 0 Å². The Hall–Kier alpha value is -2.21. The molecule has 0 N–H and O–H groups in total. The molecule has 0 aliphatic heterocycles. The molecule has 0 atom stereocenters. The van der Waals surface area contributed by atoms with E-state index in [-0.39, 0.29) is 4.90 Å². The zero-order valence-corrected chi connectivity index (χ0v) is 10.9. The summed E-state index contributed by atoms with van der Waals surface area (Å²) in [5, 5.41) is 0. The van der Waals surface area contributed by atoms with Crippen molar-refractivity contribution in [2.24, 2.45) is 0 Å². The molecular weight excluding hydrogens is 262 g/mol. The van der Waals surface area contributed by atoms with Crippen LogP contribution in [0.3, 0.4) is 0 Å². The van der Waals surface area contributed by atoms with E-state index in [1.165, 1.54) is 12.4 Å². The van der Waals surface area contributed by atoms with Crippen molar-refractivity contribution in [3.05, 3.63) is 54.5 Å². The van der Waals surface area contributed by atoms with Gasteiger partial charge in [0.15, 0.2) is 5.65 Å². The highest BCUT2D eigenvalue weighted by Gasteiger charge is 2.19. The molecule has 6 heteroatoms. The van der Waals surface area contributed by atoms with Crippen molar-refractivity contribution >= 4 is 21.2 Å². The monoisotopic (exact) mass is 272 g/mol. The van der Waals surface area contributed by atoms with Gasteiger partial charge in [-0.25, -0.2) is 22.4 Å². The molecule has 2 aromatic heterocycles. The molecule has 0 amide bonds. The van der Waals surface area contributed by atoms with Crippen molar-refractivity contribution in [2.45, 2.75) is 11.8 Å². The third-order valence-electron chi connectivity index (χ3n) is 2.81. The Bertz CT molecular complexity index is 836. The summed E-state index contributed by atoms with van der Waals surface area (Å²) in [7, 11) is -3.64. The average molecular weight is 272 g/mol. The van der Waals surface area contributed by atoms with Crippen molar-refractivity contribution in [1.29, 1.82) is 0 Å². The summed E-state index contributed by atoms with van der Waals surface area (Å²) in [4.78, 5) is 8.19. The maximum Gasteiger partial charge on any atom is 0.269 e. The topological polar surface area (TPSA) is 64.8 Å². The van der Waals surface area contributed by atoms with E-state index in [1.54, 1.807) is 30.3 Å². The van der Waals surface area contributed by atoms with Crippen molar-refractivity contribution in [3.8, 4) is 0 Å². The second kappa shape index (κ2) is 4.17. The first-order chi connectivity index (χ1) is 9.09. The molecule has 0 saturated carbocycles. The number of hydrogen-bond donors (Lipinski definition) is 0. The second-order valence-electron chi connectivity index (χ2n) is 4.14. The van der Waals surface area contributed by atoms with Gasteiger partial charge in [0, 0.05) is 6.20 Å². The standard InChI is InChI=1S/C13H10N3O2S/c1-10-2-4-11(5-3-10)19(17,18)16-9-6-12-13(16)15-8-7-14-12/h2-6,8-9H,1H3. The number of fused-ring (bicyclic) bond motifs is 1. The zero-order chi connectivity index (χ0) is 13.5. The largest absolute Gasteiger partial charge is 0.269 e. The van der Waals surface area contributed by atoms with Crippen molar-refractivity contribution < 1.29 is 8.42 Å². The normalized spacial score (nSPS) is 11.8. The van der Waals surface area contributed by atoms with E-state index in [0.29, 0.717) is 11.2 Å². The van der Waals surface area contributed by atoms with Crippen LogP contribution in [0.1, 0.15) is 5.56 Å². The van der Waals surface area contributed by atoms with Gasteiger partial charge < -0.3 is 0 Å². The van der Waals surface area contributed by atoms with E-state index < -0.39 is 10.0 Å². The van der Waals surface area contributed by atoms with Crippen LogP contribution in [0.2, 0.25) is 0 Å². The molecule has 1 radical (unpaired) electrons. The second-order valence-corrected chi connectivity index (χ2v) is 5.95. The lowest BCUT2D eigenvalue weighted by Crippen LogP contribution is -2.12. The van der Waals surface area contributed by atoms with Crippen LogP contribution in [-0.4, -0.2) is 22.4 Å². The van der Waals surface area contributed by atoms with E-state index in [4.69, 9.17) is 0 Å². The van der Waals surface area contributed by atoms with Crippen LogP contribution in [-0.2, 0) is 10.0 Å². The lowest BCUT2D eigenvalue weighted by Gasteiger charge is -2.06. The first kappa shape index (κ1) is 11.9. The lowest BCUT2D eigenvalue weighted by molar-refractivity contribution is 0.588. The number of aromatic nitrogens is 3. The van der Waals surface area contributed by atoms with Crippen LogP contribution in [0, 0.1) is 13.1 Å². The molecule has 0 aliphatic rings. The van der Waals surface area contributed by atoms with Crippen molar-refractivity contribution in [3.63, 3.8) is 0 Å². The molecule has 3 rings (SSSR count). The number of hydrogen-bond acceptors (Lipinski definition) is 4. The quantitative estimate of drug-likeness (QED) is 0.713. The molecule has 2 heterocycles. The minimum atomic E-state index is -3.64. The predicted molar refractivity (Wildman–Crippen MR) is 70.1 cm³/mol. The van der Waals surface area contributed by atoms with E-state index in [9.17, 15) is 8.42 Å². The highest BCUT2D eigenvalue weighted by molar-refractivity contribution is 7.90. The molecule has 0 bridgehead atoms. The molecule has 5 nitrogen and oxygen atoms in total. The summed E-state index contributed by atoms with van der Waals surface area (Å²) in [6.45, 7) is 1.91. The summed E-state index contributed by atoms with van der Waals surface area (Å²) in [6.07, 6.45) is 5.38. The van der Waals surface area contributed by atoms with Crippen LogP contribution in [0.25, 0.3) is 11.2 Å². The fourth-order valence-electron chi connectivity index (χ4n) is 1.81. The molecular formula is C13H10N3O2S.